The fourth-order valence-corrected chi connectivity index (χ4v) is 6.67. The summed E-state index contributed by atoms with van der Waals surface area (Å²) in [6.45, 7) is 9.17. The van der Waals surface area contributed by atoms with Crippen LogP contribution in [0.2, 0.25) is 0 Å². The van der Waals surface area contributed by atoms with Crippen LogP contribution in [-0.2, 0) is 9.53 Å². The third-order valence-corrected chi connectivity index (χ3v) is 7.47. The van der Waals surface area contributed by atoms with Crippen LogP contribution in [0.4, 0.5) is 4.79 Å². The highest BCUT2D eigenvalue weighted by Crippen LogP contribution is 2.53. The summed E-state index contributed by atoms with van der Waals surface area (Å²) in [5.74, 6) is 3.47. The lowest BCUT2D eigenvalue weighted by atomic mass is 9.54. The quantitative estimate of drug-likeness (QED) is 0.736. The predicted molar refractivity (Wildman–Crippen MR) is 112 cm³/mol. The lowest BCUT2D eigenvalue weighted by molar-refractivity contribution is -0.129. The Bertz CT molecular complexity index is 601. The number of carbonyl (C=O) groups excluding carboxylic acids is 2. The Hall–Kier alpha value is -1.30. The zero-order chi connectivity index (χ0) is 20.8. The minimum absolute atomic E-state index is 0.0561. The molecule has 5 aliphatic rings. The summed E-state index contributed by atoms with van der Waals surface area (Å²) in [4.78, 5) is 27.4. The topological polar surface area (TPSA) is 70.7 Å². The molecular formula is C23H39N3O3. The molecule has 1 heterocycles. The maximum atomic E-state index is 13.2. The largest absolute Gasteiger partial charge is 0.444 e. The molecule has 2 atom stereocenters. The summed E-state index contributed by atoms with van der Waals surface area (Å²) in [7, 11) is 0. The number of nitrogens with one attached hydrogen (secondary N) is 2. The summed E-state index contributed by atoms with van der Waals surface area (Å²) in [6, 6.07) is 0.282. The van der Waals surface area contributed by atoms with Crippen molar-refractivity contribution in [1.82, 2.24) is 15.5 Å². The Kier molecular flexibility index (Phi) is 5.84. The summed E-state index contributed by atoms with van der Waals surface area (Å²) in [6.07, 6.45) is 8.29. The van der Waals surface area contributed by atoms with Gasteiger partial charge in [0.2, 0.25) is 5.91 Å². The summed E-state index contributed by atoms with van der Waals surface area (Å²) in [5.41, 5.74) is -0.501. The van der Waals surface area contributed by atoms with Gasteiger partial charge >= 0.3 is 6.09 Å². The van der Waals surface area contributed by atoms with Crippen molar-refractivity contribution in [1.29, 1.82) is 0 Å². The molecule has 5 fully saturated rings. The maximum Gasteiger partial charge on any atom is 0.407 e. The number of likely N-dealkylation sites (tertiary alicyclic amines) is 1. The van der Waals surface area contributed by atoms with Gasteiger partial charge in [-0.1, -0.05) is 0 Å². The second-order valence-corrected chi connectivity index (χ2v) is 11.2. The average Bonchev–Trinajstić information content (AvgIpc) is 3.03. The van der Waals surface area contributed by atoms with Crippen LogP contribution in [0.1, 0.15) is 72.6 Å². The summed E-state index contributed by atoms with van der Waals surface area (Å²) in [5, 5.41) is 6.40. The molecule has 6 heteroatoms. The van der Waals surface area contributed by atoms with Crippen LogP contribution in [0.25, 0.3) is 0 Å². The number of rotatable bonds is 5. The predicted octanol–water partition coefficient (Wildman–Crippen LogP) is 3.30. The van der Waals surface area contributed by atoms with E-state index >= 15 is 0 Å². The first-order valence-corrected chi connectivity index (χ1v) is 11.7. The van der Waals surface area contributed by atoms with Gasteiger partial charge in [-0.15, -0.1) is 0 Å². The highest BCUT2D eigenvalue weighted by Gasteiger charge is 2.49. The Balaban J connectivity index is 1.29. The van der Waals surface area contributed by atoms with Gasteiger partial charge < -0.3 is 15.4 Å². The SMILES string of the molecule is C[C@@H](CN1CCC[C@@H]1C(=O)NC1C2CC3CC(C2)CC1C3)NC(=O)OC(C)(C)C. The van der Waals surface area contributed by atoms with Crippen molar-refractivity contribution in [2.45, 2.75) is 96.4 Å². The third kappa shape index (κ3) is 4.89. The molecule has 29 heavy (non-hydrogen) atoms. The molecule has 0 spiro atoms. The smallest absolute Gasteiger partial charge is 0.407 e. The van der Waals surface area contributed by atoms with Crippen LogP contribution in [0.3, 0.4) is 0 Å². The first-order chi connectivity index (χ1) is 13.7. The fraction of sp³-hybridized carbons (Fsp3) is 0.913. The Labute approximate surface area is 175 Å². The molecule has 5 rings (SSSR count). The molecule has 4 aliphatic carbocycles. The van der Waals surface area contributed by atoms with E-state index < -0.39 is 11.7 Å². The van der Waals surface area contributed by atoms with Gasteiger partial charge in [0.05, 0.1) is 6.04 Å². The Morgan fingerprint density at radius 2 is 1.69 bits per heavy atom. The maximum absolute atomic E-state index is 13.2. The van der Waals surface area contributed by atoms with Gasteiger partial charge in [-0.2, -0.15) is 0 Å². The van der Waals surface area contributed by atoms with Crippen molar-refractivity contribution in [2.24, 2.45) is 23.7 Å². The van der Waals surface area contributed by atoms with Crippen molar-refractivity contribution in [3.8, 4) is 0 Å². The van der Waals surface area contributed by atoms with E-state index in [2.05, 4.69) is 15.5 Å². The highest BCUT2D eigenvalue weighted by atomic mass is 16.6. The van der Waals surface area contributed by atoms with E-state index in [0.29, 0.717) is 24.4 Å². The van der Waals surface area contributed by atoms with Crippen molar-refractivity contribution >= 4 is 12.0 Å². The number of amides is 2. The molecule has 0 aromatic carbocycles. The Morgan fingerprint density at radius 3 is 2.28 bits per heavy atom. The third-order valence-electron chi connectivity index (χ3n) is 7.47. The van der Waals surface area contributed by atoms with Crippen LogP contribution in [0.15, 0.2) is 0 Å². The van der Waals surface area contributed by atoms with E-state index in [1.807, 2.05) is 27.7 Å². The molecule has 4 saturated carbocycles. The van der Waals surface area contributed by atoms with Crippen LogP contribution in [-0.4, -0.2) is 53.7 Å². The molecule has 0 aromatic heterocycles. The van der Waals surface area contributed by atoms with E-state index in [9.17, 15) is 9.59 Å². The zero-order valence-electron chi connectivity index (χ0n) is 18.6. The van der Waals surface area contributed by atoms with Gasteiger partial charge in [-0.05, 0) is 103 Å². The van der Waals surface area contributed by atoms with E-state index in [0.717, 1.165) is 31.2 Å². The van der Waals surface area contributed by atoms with E-state index in [1.54, 1.807) is 0 Å². The van der Waals surface area contributed by atoms with Gasteiger partial charge in [-0.3, -0.25) is 9.69 Å². The van der Waals surface area contributed by atoms with E-state index in [4.69, 9.17) is 4.74 Å². The number of hydrogen-bond acceptors (Lipinski definition) is 4. The molecule has 6 nitrogen and oxygen atoms in total. The average molecular weight is 406 g/mol. The van der Waals surface area contributed by atoms with Crippen molar-refractivity contribution in [3.05, 3.63) is 0 Å². The number of nitrogens with zero attached hydrogens (tertiary/aromatic N) is 1. The monoisotopic (exact) mass is 405 g/mol. The molecule has 2 N–H and O–H groups in total. The molecule has 1 saturated heterocycles. The lowest BCUT2D eigenvalue weighted by Crippen LogP contribution is -2.58. The van der Waals surface area contributed by atoms with Gasteiger partial charge in [0, 0.05) is 18.6 Å². The van der Waals surface area contributed by atoms with Crippen LogP contribution < -0.4 is 10.6 Å². The second-order valence-electron chi connectivity index (χ2n) is 11.2. The standard InChI is InChI=1S/C23H39N3O3/c1-14(24-22(28)29-23(2,3)4)13-26-7-5-6-19(26)21(27)25-20-17-9-15-8-16(11-17)12-18(20)10-15/h14-20H,5-13H2,1-4H3,(H,24,28)(H,25,27)/t14-,15?,16?,17?,18?,19+,20?/m0/s1. The van der Waals surface area contributed by atoms with Gasteiger partial charge in [0.25, 0.3) is 0 Å². The van der Waals surface area contributed by atoms with E-state index in [1.165, 1.54) is 32.1 Å². The fourth-order valence-electron chi connectivity index (χ4n) is 6.67. The Morgan fingerprint density at radius 1 is 1.07 bits per heavy atom. The summed E-state index contributed by atoms with van der Waals surface area (Å²) < 4.78 is 5.35. The van der Waals surface area contributed by atoms with Crippen molar-refractivity contribution in [3.63, 3.8) is 0 Å². The van der Waals surface area contributed by atoms with Gasteiger partial charge in [-0.25, -0.2) is 4.79 Å². The second kappa shape index (κ2) is 8.09. The number of carbonyl (C=O) groups is 2. The molecule has 2 amide bonds. The molecule has 0 unspecified atom stereocenters. The normalized spacial score (nSPS) is 37.4. The first kappa shape index (κ1) is 21.0. The minimum Gasteiger partial charge on any atom is -0.444 e. The molecule has 4 bridgehead atoms. The molecule has 1 aliphatic heterocycles. The number of ether oxygens (including phenoxy) is 1. The minimum atomic E-state index is -0.501. The highest BCUT2D eigenvalue weighted by molar-refractivity contribution is 5.82. The number of hydrogen-bond donors (Lipinski definition) is 2. The molecule has 0 aromatic rings. The van der Waals surface area contributed by atoms with Crippen LogP contribution in [0, 0.1) is 23.7 Å². The number of alkyl carbamates (subject to hydrolysis) is 1. The van der Waals surface area contributed by atoms with Gasteiger partial charge in [0.1, 0.15) is 5.60 Å². The first-order valence-electron chi connectivity index (χ1n) is 11.7. The molecular weight excluding hydrogens is 366 g/mol. The van der Waals surface area contributed by atoms with Crippen LogP contribution in [0.5, 0.6) is 0 Å². The van der Waals surface area contributed by atoms with Crippen molar-refractivity contribution < 1.29 is 14.3 Å². The molecule has 0 radical (unpaired) electrons. The molecule has 164 valence electrons. The summed E-state index contributed by atoms with van der Waals surface area (Å²) >= 11 is 0. The van der Waals surface area contributed by atoms with Gasteiger partial charge in [0.15, 0.2) is 0 Å². The zero-order valence-corrected chi connectivity index (χ0v) is 18.6. The van der Waals surface area contributed by atoms with E-state index in [-0.39, 0.29) is 18.0 Å². The lowest BCUT2D eigenvalue weighted by Gasteiger charge is -2.54. The van der Waals surface area contributed by atoms with Crippen LogP contribution >= 0.6 is 0 Å². The van der Waals surface area contributed by atoms with Crippen molar-refractivity contribution in [2.75, 3.05) is 13.1 Å².